The Labute approximate surface area is 228 Å². The molecule has 39 heavy (non-hydrogen) atoms. The first-order valence-electron chi connectivity index (χ1n) is 12.9. The summed E-state index contributed by atoms with van der Waals surface area (Å²) in [4.78, 5) is 11.9. The Morgan fingerprint density at radius 3 is 2.31 bits per heavy atom. The summed E-state index contributed by atoms with van der Waals surface area (Å²) >= 11 is 0. The minimum Gasteiger partial charge on any atom is -0.497 e. The molecule has 1 atom stereocenters. The van der Waals surface area contributed by atoms with Crippen molar-refractivity contribution in [1.29, 1.82) is 0 Å². The Hall–Kier alpha value is -3.82. The van der Waals surface area contributed by atoms with Gasteiger partial charge in [0.2, 0.25) is 10.0 Å². The van der Waals surface area contributed by atoms with E-state index in [1.165, 1.54) is 4.31 Å². The van der Waals surface area contributed by atoms with Gasteiger partial charge in [-0.3, -0.25) is 4.79 Å². The second-order valence-electron chi connectivity index (χ2n) is 10.1. The van der Waals surface area contributed by atoms with Crippen LogP contribution in [0, 0.1) is 0 Å². The molecule has 1 aliphatic rings. The van der Waals surface area contributed by atoms with Crippen LogP contribution in [-0.4, -0.2) is 54.7 Å². The summed E-state index contributed by atoms with van der Waals surface area (Å²) in [6.07, 6.45) is 2.53. The predicted molar refractivity (Wildman–Crippen MR) is 150 cm³/mol. The zero-order valence-electron chi connectivity index (χ0n) is 22.2. The Bertz CT molecular complexity index is 1590. The van der Waals surface area contributed by atoms with Crippen molar-refractivity contribution in [3.63, 3.8) is 0 Å². The first-order valence-corrected chi connectivity index (χ1v) is 14.4. The van der Waals surface area contributed by atoms with Crippen molar-refractivity contribution in [2.75, 3.05) is 20.2 Å². The van der Waals surface area contributed by atoms with Gasteiger partial charge in [0.05, 0.1) is 18.1 Å². The molecule has 1 aliphatic heterocycles. The third-order valence-electron chi connectivity index (χ3n) is 7.07. The molecule has 0 saturated carbocycles. The van der Waals surface area contributed by atoms with Gasteiger partial charge in [0.25, 0.3) is 0 Å². The lowest BCUT2D eigenvalue weighted by Gasteiger charge is -2.17. The summed E-state index contributed by atoms with van der Waals surface area (Å²) in [7, 11) is -2.05. The smallest absolute Gasteiger partial charge is 0.323 e. The van der Waals surface area contributed by atoms with Crippen LogP contribution in [0.5, 0.6) is 11.5 Å². The van der Waals surface area contributed by atoms with Gasteiger partial charge in [0, 0.05) is 36.1 Å². The van der Waals surface area contributed by atoms with E-state index in [-0.39, 0.29) is 23.5 Å². The molecular weight excluding hydrogens is 516 g/mol. The fourth-order valence-corrected chi connectivity index (χ4v) is 6.70. The van der Waals surface area contributed by atoms with Crippen LogP contribution in [-0.2, 0) is 21.4 Å². The van der Waals surface area contributed by atoms with Crippen molar-refractivity contribution in [2.45, 2.75) is 43.7 Å². The van der Waals surface area contributed by atoms with Gasteiger partial charge in [-0.2, -0.15) is 4.31 Å². The number of ether oxygens (including phenoxy) is 2. The highest BCUT2D eigenvalue weighted by Gasteiger charge is 2.34. The number of rotatable bonds is 9. The Morgan fingerprint density at radius 2 is 1.67 bits per heavy atom. The number of hydrogen-bond donors (Lipinski definition) is 1. The molecule has 9 heteroatoms. The predicted octanol–water partition coefficient (Wildman–Crippen LogP) is 5.37. The molecule has 5 rings (SSSR count). The lowest BCUT2D eigenvalue weighted by Crippen LogP contribution is -2.28. The molecule has 204 valence electrons. The van der Waals surface area contributed by atoms with E-state index < -0.39 is 16.0 Å². The molecule has 0 bridgehead atoms. The summed E-state index contributed by atoms with van der Waals surface area (Å²) in [5.74, 6) is 0.405. The molecule has 0 radical (unpaired) electrons. The van der Waals surface area contributed by atoms with Gasteiger partial charge >= 0.3 is 5.97 Å². The van der Waals surface area contributed by atoms with Gasteiger partial charge in [0.15, 0.2) is 0 Å². The second-order valence-corrected chi connectivity index (χ2v) is 12.0. The maximum atomic E-state index is 13.4. The maximum absolute atomic E-state index is 13.4. The Kier molecular flexibility index (Phi) is 7.38. The molecule has 3 aromatic carbocycles. The van der Waals surface area contributed by atoms with Gasteiger partial charge < -0.3 is 19.1 Å². The standard InChI is InChI=1S/C30H32N2O6S/c1-20(2)38-25-9-11-26(12-10-25)39(35,36)32-15-14-23(17-32)28-18-31(19-30(33)34)29-16-22(6-13-27(28)29)21-4-7-24(37-3)8-5-21/h4-13,16,18,20,23H,14-15,17,19H2,1-3H3,(H,33,34). The van der Waals surface area contributed by atoms with E-state index in [2.05, 4.69) is 0 Å². The molecule has 0 amide bonds. The molecule has 0 aliphatic carbocycles. The van der Waals surface area contributed by atoms with E-state index in [4.69, 9.17) is 9.47 Å². The average molecular weight is 549 g/mol. The van der Waals surface area contributed by atoms with Crippen molar-refractivity contribution in [2.24, 2.45) is 0 Å². The monoisotopic (exact) mass is 548 g/mol. The Morgan fingerprint density at radius 1 is 1.00 bits per heavy atom. The SMILES string of the molecule is COc1ccc(-c2ccc3c(C4CCN(S(=O)(=O)c5ccc(OC(C)C)cc5)C4)cn(CC(=O)O)c3c2)cc1. The summed E-state index contributed by atoms with van der Waals surface area (Å²) in [5, 5.41) is 10.5. The number of carboxylic acids is 1. The van der Waals surface area contributed by atoms with E-state index >= 15 is 0 Å². The number of carboxylic acid groups (broad SMARTS) is 1. The van der Waals surface area contributed by atoms with E-state index in [0.717, 1.165) is 33.3 Å². The number of aliphatic carboxylic acids is 1. The third-order valence-corrected chi connectivity index (χ3v) is 8.95. The normalized spacial score (nSPS) is 16.2. The van der Waals surface area contributed by atoms with E-state index in [1.807, 2.05) is 62.5 Å². The van der Waals surface area contributed by atoms with Crippen LogP contribution in [0.3, 0.4) is 0 Å². The molecule has 1 fully saturated rings. The molecule has 0 spiro atoms. The number of nitrogens with zero attached hydrogens (tertiary/aromatic N) is 2. The van der Waals surface area contributed by atoms with Crippen LogP contribution in [0.2, 0.25) is 0 Å². The van der Waals surface area contributed by atoms with Gasteiger partial charge in [-0.05, 0) is 79.4 Å². The first-order chi connectivity index (χ1) is 18.7. The molecule has 8 nitrogen and oxygen atoms in total. The highest BCUT2D eigenvalue weighted by atomic mass is 32.2. The number of hydrogen-bond acceptors (Lipinski definition) is 5. The number of sulfonamides is 1. The van der Waals surface area contributed by atoms with Crippen molar-refractivity contribution < 1.29 is 27.8 Å². The second kappa shape index (κ2) is 10.7. The van der Waals surface area contributed by atoms with Gasteiger partial charge in [0.1, 0.15) is 18.0 Å². The fourth-order valence-electron chi connectivity index (χ4n) is 5.20. The molecule has 4 aromatic rings. The summed E-state index contributed by atoms with van der Waals surface area (Å²) in [6.45, 7) is 4.39. The number of methoxy groups -OCH3 is 1. The largest absolute Gasteiger partial charge is 0.497 e. The number of benzene rings is 3. The van der Waals surface area contributed by atoms with Crippen molar-refractivity contribution in [3.8, 4) is 22.6 Å². The number of carbonyl (C=O) groups is 1. The summed E-state index contributed by atoms with van der Waals surface area (Å²) in [6, 6.07) is 20.3. The third kappa shape index (κ3) is 5.51. The van der Waals surface area contributed by atoms with Crippen LogP contribution < -0.4 is 9.47 Å². The van der Waals surface area contributed by atoms with Gasteiger partial charge in [-0.25, -0.2) is 8.42 Å². The van der Waals surface area contributed by atoms with Crippen LogP contribution in [0.25, 0.3) is 22.0 Å². The summed E-state index contributed by atoms with van der Waals surface area (Å²) in [5.41, 5.74) is 3.72. The van der Waals surface area contributed by atoms with Crippen molar-refractivity contribution in [1.82, 2.24) is 8.87 Å². The van der Waals surface area contributed by atoms with Gasteiger partial charge in [-0.1, -0.05) is 24.3 Å². The van der Waals surface area contributed by atoms with Crippen LogP contribution in [0.15, 0.2) is 77.8 Å². The molecule has 1 aromatic heterocycles. The molecule has 2 heterocycles. The minimum absolute atomic E-state index is 0.00217. The maximum Gasteiger partial charge on any atom is 0.323 e. The highest BCUT2D eigenvalue weighted by molar-refractivity contribution is 7.89. The van der Waals surface area contributed by atoms with E-state index in [9.17, 15) is 18.3 Å². The molecule has 1 saturated heterocycles. The molecule has 1 N–H and O–H groups in total. The Balaban J connectivity index is 1.43. The van der Waals surface area contributed by atoms with Crippen molar-refractivity contribution >= 4 is 26.9 Å². The van der Waals surface area contributed by atoms with E-state index in [1.54, 1.807) is 35.9 Å². The first kappa shape index (κ1) is 26.8. The van der Waals surface area contributed by atoms with E-state index in [0.29, 0.717) is 25.3 Å². The zero-order chi connectivity index (χ0) is 27.7. The lowest BCUT2D eigenvalue weighted by molar-refractivity contribution is -0.137. The lowest BCUT2D eigenvalue weighted by atomic mass is 9.96. The van der Waals surface area contributed by atoms with Crippen LogP contribution in [0.4, 0.5) is 0 Å². The molecule has 1 unspecified atom stereocenters. The quantitative estimate of drug-likeness (QED) is 0.302. The fraction of sp³-hybridized carbons (Fsp3) is 0.300. The summed E-state index contributed by atoms with van der Waals surface area (Å²) < 4.78 is 41.0. The minimum atomic E-state index is -3.67. The average Bonchev–Trinajstić information content (AvgIpc) is 3.54. The zero-order valence-corrected chi connectivity index (χ0v) is 23.0. The van der Waals surface area contributed by atoms with Crippen molar-refractivity contribution in [3.05, 3.63) is 78.5 Å². The number of aromatic nitrogens is 1. The van der Waals surface area contributed by atoms with Crippen LogP contribution in [0.1, 0.15) is 31.7 Å². The molecular formula is C30H32N2O6S. The topological polar surface area (TPSA) is 98.1 Å². The highest BCUT2D eigenvalue weighted by Crippen LogP contribution is 2.37. The van der Waals surface area contributed by atoms with Crippen LogP contribution >= 0.6 is 0 Å². The van der Waals surface area contributed by atoms with Gasteiger partial charge in [-0.15, -0.1) is 0 Å². The number of fused-ring (bicyclic) bond motifs is 1.